The van der Waals surface area contributed by atoms with Crippen molar-refractivity contribution in [1.29, 1.82) is 0 Å². The molecular formula is C48H83O10P. The Bertz CT molecular complexity index is 1210. The summed E-state index contributed by atoms with van der Waals surface area (Å²) in [6.07, 6.45) is 50.9. The van der Waals surface area contributed by atoms with Crippen LogP contribution < -0.4 is 0 Å². The molecule has 0 saturated carbocycles. The number of hydrogen-bond acceptors (Lipinski definition) is 9. The average Bonchev–Trinajstić information content (AvgIpc) is 3.22. The second-order valence-electron chi connectivity index (χ2n) is 15.1. The molecule has 0 aliphatic heterocycles. The largest absolute Gasteiger partial charge is 0.472 e. The van der Waals surface area contributed by atoms with Gasteiger partial charge in [-0.2, -0.15) is 0 Å². The minimum atomic E-state index is -4.66. The third-order valence-electron chi connectivity index (χ3n) is 9.44. The lowest BCUT2D eigenvalue weighted by atomic mass is 10.1. The van der Waals surface area contributed by atoms with Crippen LogP contribution in [0.3, 0.4) is 0 Å². The van der Waals surface area contributed by atoms with E-state index in [0.29, 0.717) is 12.8 Å². The van der Waals surface area contributed by atoms with Crippen LogP contribution in [0.4, 0.5) is 0 Å². The van der Waals surface area contributed by atoms with Crippen molar-refractivity contribution in [2.24, 2.45) is 0 Å². The van der Waals surface area contributed by atoms with Gasteiger partial charge in [0.05, 0.1) is 19.8 Å². The molecule has 0 aromatic rings. The van der Waals surface area contributed by atoms with Crippen LogP contribution in [0.15, 0.2) is 72.9 Å². The number of aliphatic hydroxyl groups is 2. The number of phosphoric ester groups is 1. The highest BCUT2D eigenvalue weighted by molar-refractivity contribution is 7.47. The fourth-order valence-corrected chi connectivity index (χ4v) is 6.68. The first-order valence-corrected chi connectivity index (χ1v) is 24.4. The predicted molar refractivity (Wildman–Crippen MR) is 242 cm³/mol. The number of esters is 2. The van der Waals surface area contributed by atoms with E-state index < -0.39 is 58.4 Å². The molecule has 59 heavy (non-hydrogen) atoms. The monoisotopic (exact) mass is 851 g/mol. The lowest BCUT2D eigenvalue weighted by Gasteiger charge is -2.19. The Balaban J connectivity index is 4.45. The van der Waals surface area contributed by atoms with Crippen LogP contribution in [0, 0.1) is 0 Å². The third kappa shape index (κ3) is 43.3. The van der Waals surface area contributed by atoms with Crippen LogP contribution in [0.1, 0.15) is 181 Å². The summed E-state index contributed by atoms with van der Waals surface area (Å²) in [4.78, 5) is 34.9. The standard InChI is InChI=1S/C48H83O10P/c1-3-5-7-9-11-13-15-17-19-20-21-22-23-24-26-27-29-31-33-35-37-39-47(51)55-43-46(44-57-59(53,54)56-42-45(50)41-49)58-48(52)40-38-36-34-32-30-28-25-18-16-14-12-10-8-6-4-2/h19-20,22-23,26-27,31,33-34,36,38,40,45-46,49-50H,3-18,21,24-25,28-30,32,35,37,39,41-44H2,1-2H3,(H,53,54)/b20-19+,23-22+,27-26+,33-31+,36-34+,40-38+/t45-,46+/m1/s1. The molecule has 0 spiro atoms. The van der Waals surface area contributed by atoms with Crippen molar-refractivity contribution in [2.45, 2.75) is 193 Å². The van der Waals surface area contributed by atoms with Gasteiger partial charge in [-0.25, -0.2) is 9.36 Å². The van der Waals surface area contributed by atoms with Crippen molar-refractivity contribution in [3.05, 3.63) is 72.9 Å². The third-order valence-corrected chi connectivity index (χ3v) is 10.4. The summed E-state index contributed by atoms with van der Waals surface area (Å²) in [6, 6.07) is 0. The highest BCUT2D eigenvalue weighted by Crippen LogP contribution is 2.43. The smallest absolute Gasteiger partial charge is 0.462 e. The van der Waals surface area contributed by atoms with Crippen molar-refractivity contribution >= 4 is 19.8 Å². The maximum absolute atomic E-state index is 12.5. The van der Waals surface area contributed by atoms with Crippen LogP contribution in [0.2, 0.25) is 0 Å². The van der Waals surface area contributed by atoms with Gasteiger partial charge in [0.15, 0.2) is 6.10 Å². The van der Waals surface area contributed by atoms with Gasteiger partial charge < -0.3 is 24.6 Å². The molecule has 0 bridgehead atoms. The zero-order valence-electron chi connectivity index (χ0n) is 36.9. The van der Waals surface area contributed by atoms with Gasteiger partial charge in [0.25, 0.3) is 0 Å². The quantitative estimate of drug-likeness (QED) is 0.0135. The topological polar surface area (TPSA) is 149 Å². The maximum Gasteiger partial charge on any atom is 0.472 e. The summed E-state index contributed by atoms with van der Waals surface area (Å²) in [7, 11) is -4.66. The van der Waals surface area contributed by atoms with Crippen molar-refractivity contribution in [3.63, 3.8) is 0 Å². The molecule has 10 nitrogen and oxygen atoms in total. The van der Waals surface area contributed by atoms with Crippen LogP contribution in [-0.2, 0) is 32.7 Å². The molecule has 0 aliphatic rings. The van der Waals surface area contributed by atoms with E-state index >= 15 is 0 Å². The van der Waals surface area contributed by atoms with Gasteiger partial charge in [0.1, 0.15) is 12.7 Å². The molecule has 0 aromatic carbocycles. The first-order valence-electron chi connectivity index (χ1n) is 22.9. The zero-order valence-corrected chi connectivity index (χ0v) is 37.8. The van der Waals surface area contributed by atoms with Gasteiger partial charge in [0, 0.05) is 12.5 Å². The molecule has 0 radical (unpaired) electrons. The van der Waals surface area contributed by atoms with E-state index in [4.69, 9.17) is 19.1 Å². The van der Waals surface area contributed by atoms with Gasteiger partial charge >= 0.3 is 19.8 Å². The summed E-state index contributed by atoms with van der Waals surface area (Å²) >= 11 is 0. The first kappa shape index (κ1) is 56.4. The van der Waals surface area contributed by atoms with Crippen LogP contribution in [0.5, 0.6) is 0 Å². The minimum Gasteiger partial charge on any atom is -0.462 e. The average molecular weight is 851 g/mol. The van der Waals surface area contributed by atoms with E-state index in [0.717, 1.165) is 32.1 Å². The van der Waals surface area contributed by atoms with E-state index in [2.05, 4.69) is 60.9 Å². The van der Waals surface area contributed by atoms with Crippen molar-refractivity contribution in [1.82, 2.24) is 0 Å². The Hall–Kier alpha value is -2.59. The number of rotatable bonds is 42. The van der Waals surface area contributed by atoms with E-state index in [1.54, 1.807) is 12.2 Å². The molecule has 11 heteroatoms. The van der Waals surface area contributed by atoms with Crippen LogP contribution in [0.25, 0.3) is 0 Å². The molecule has 0 amide bonds. The maximum atomic E-state index is 12.5. The van der Waals surface area contributed by atoms with Gasteiger partial charge in [-0.3, -0.25) is 13.8 Å². The van der Waals surface area contributed by atoms with Crippen molar-refractivity contribution in [2.75, 3.05) is 26.4 Å². The number of carbonyl (C=O) groups excluding carboxylic acids is 2. The summed E-state index contributed by atoms with van der Waals surface area (Å²) in [5.74, 6) is -1.25. The molecule has 3 atom stereocenters. The molecule has 0 saturated heterocycles. The molecule has 340 valence electrons. The molecule has 0 fully saturated rings. The van der Waals surface area contributed by atoms with Gasteiger partial charge in [-0.15, -0.1) is 0 Å². The highest BCUT2D eigenvalue weighted by atomic mass is 31.2. The zero-order chi connectivity index (χ0) is 43.3. The van der Waals surface area contributed by atoms with E-state index in [-0.39, 0.29) is 6.42 Å². The fourth-order valence-electron chi connectivity index (χ4n) is 5.89. The van der Waals surface area contributed by atoms with E-state index in [1.807, 2.05) is 12.2 Å². The van der Waals surface area contributed by atoms with Crippen molar-refractivity contribution in [3.8, 4) is 0 Å². The molecule has 0 aliphatic carbocycles. The lowest BCUT2D eigenvalue weighted by molar-refractivity contribution is -0.157. The number of phosphoric acid groups is 1. The van der Waals surface area contributed by atoms with Crippen LogP contribution in [-0.4, -0.2) is 65.7 Å². The molecule has 0 heterocycles. The Morgan fingerprint density at radius 1 is 0.559 bits per heavy atom. The predicted octanol–water partition coefficient (Wildman–Crippen LogP) is 12.4. The summed E-state index contributed by atoms with van der Waals surface area (Å²) in [5.41, 5.74) is 0. The van der Waals surface area contributed by atoms with E-state index in [1.165, 1.54) is 122 Å². The van der Waals surface area contributed by atoms with Crippen LogP contribution >= 0.6 is 7.82 Å². The minimum absolute atomic E-state index is 0.143. The number of ether oxygens (including phenoxy) is 2. The summed E-state index contributed by atoms with van der Waals surface area (Å²) < 4.78 is 32.5. The second-order valence-corrected chi connectivity index (χ2v) is 16.6. The van der Waals surface area contributed by atoms with E-state index in [9.17, 15) is 24.2 Å². The number of allylic oxidation sites excluding steroid dienone is 11. The SMILES string of the molecule is CCCCCCCCC/C=C/C/C=C/C/C=C/C/C=C/CCCC(=O)OC[C@@H](COP(=O)(O)OC[C@H](O)CO)OC(=O)/C=C/C=C/CCCCCCCCCCCCC. The molecule has 0 rings (SSSR count). The Morgan fingerprint density at radius 2 is 1.00 bits per heavy atom. The lowest BCUT2D eigenvalue weighted by Crippen LogP contribution is -2.29. The number of carbonyl (C=O) groups is 2. The van der Waals surface area contributed by atoms with Gasteiger partial charge in [-0.1, -0.05) is 183 Å². The fraction of sp³-hybridized carbons (Fsp3) is 0.708. The van der Waals surface area contributed by atoms with Gasteiger partial charge in [0.2, 0.25) is 0 Å². The van der Waals surface area contributed by atoms with Crippen molar-refractivity contribution < 1.29 is 47.8 Å². The highest BCUT2D eigenvalue weighted by Gasteiger charge is 2.26. The molecule has 1 unspecified atom stereocenters. The first-order chi connectivity index (χ1) is 28.7. The number of hydrogen-bond donors (Lipinski definition) is 3. The summed E-state index contributed by atoms with van der Waals surface area (Å²) in [5, 5.41) is 18.3. The van der Waals surface area contributed by atoms with Gasteiger partial charge in [-0.05, 0) is 57.8 Å². The number of aliphatic hydroxyl groups excluding tert-OH is 2. The molecule has 3 N–H and O–H groups in total. The Labute approximate surface area is 358 Å². The summed E-state index contributed by atoms with van der Waals surface area (Å²) in [6.45, 7) is 2.19. The molecular weight excluding hydrogens is 767 g/mol. The number of unbranched alkanes of at least 4 members (excludes halogenated alkanes) is 19. The molecule has 0 aromatic heterocycles. The Morgan fingerprint density at radius 3 is 1.51 bits per heavy atom. The normalized spacial score (nSPS) is 14.5. The second kappa shape index (κ2) is 43.5. The Kier molecular flexibility index (Phi) is 41.6.